The van der Waals surface area contributed by atoms with Crippen LogP contribution in [0, 0.1) is 5.92 Å². The first-order valence-electron chi connectivity index (χ1n) is 10.1. The highest BCUT2D eigenvalue weighted by molar-refractivity contribution is 5.76. The molecule has 23 heavy (non-hydrogen) atoms. The standard InChI is InChI=1S/C19H35N3O/c23-19(7-6-16-8-12-20-13-9-16)21-17-10-14-22(15-11-17)18-4-2-1-3-5-18/h16-18,20H,1-15H2,(H,21,23). The number of rotatable bonds is 5. The minimum absolute atomic E-state index is 0.291. The zero-order chi connectivity index (χ0) is 15.9. The van der Waals surface area contributed by atoms with Crippen LogP contribution in [0.4, 0.5) is 0 Å². The van der Waals surface area contributed by atoms with E-state index in [1.54, 1.807) is 0 Å². The molecule has 0 bridgehead atoms. The topological polar surface area (TPSA) is 44.4 Å². The summed E-state index contributed by atoms with van der Waals surface area (Å²) < 4.78 is 0. The summed E-state index contributed by atoms with van der Waals surface area (Å²) in [5, 5.41) is 6.69. The Kier molecular flexibility index (Phi) is 6.76. The van der Waals surface area contributed by atoms with Crippen molar-refractivity contribution in [2.24, 2.45) is 5.92 Å². The van der Waals surface area contributed by atoms with Gasteiger partial charge in [-0.3, -0.25) is 4.79 Å². The fourth-order valence-corrected chi connectivity index (χ4v) is 4.66. The van der Waals surface area contributed by atoms with E-state index in [-0.39, 0.29) is 0 Å². The predicted octanol–water partition coefficient (Wildman–Crippen LogP) is 2.68. The zero-order valence-electron chi connectivity index (χ0n) is 14.7. The minimum Gasteiger partial charge on any atom is -0.353 e. The fraction of sp³-hybridized carbons (Fsp3) is 0.947. The van der Waals surface area contributed by atoms with Crippen molar-refractivity contribution in [2.45, 2.75) is 82.7 Å². The number of hydrogen-bond donors (Lipinski definition) is 2. The Morgan fingerprint density at radius 3 is 2.35 bits per heavy atom. The van der Waals surface area contributed by atoms with Gasteiger partial charge in [-0.15, -0.1) is 0 Å². The van der Waals surface area contributed by atoms with E-state index in [9.17, 15) is 4.79 Å². The number of amides is 1. The summed E-state index contributed by atoms with van der Waals surface area (Å²) in [5.41, 5.74) is 0. The largest absolute Gasteiger partial charge is 0.353 e. The van der Waals surface area contributed by atoms with Crippen molar-refractivity contribution in [3.8, 4) is 0 Å². The number of piperidine rings is 2. The lowest BCUT2D eigenvalue weighted by Crippen LogP contribution is -2.48. The Hall–Kier alpha value is -0.610. The lowest BCUT2D eigenvalue weighted by Gasteiger charge is -2.39. The van der Waals surface area contributed by atoms with Crippen molar-refractivity contribution in [1.82, 2.24) is 15.5 Å². The molecule has 0 unspecified atom stereocenters. The minimum atomic E-state index is 0.291. The van der Waals surface area contributed by atoms with Gasteiger partial charge in [-0.2, -0.15) is 0 Å². The maximum absolute atomic E-state index is 12.2. The van der Waals surface area contributed by atoms with Crippen molar-refractivity contribution in [3.63, 3.8) is 0 Å². The number of hydrogen-bond acceptors (Lipinski definition) is 3. The molecule has 0 aromatic carbocycles. The summed E-state index contributed by atoms with van der Waals surface area (Å²) in [6.07, 6.45) is 13.6. The quantitative estimate of drug-likeness (QED) is 0.818. The molecule has 3 rings (SSSR count). The third-order valence-corrected chi connectivity index (χ3v) is 6.22. The first kappa shape index (κ1) is 17.2. The van der Waals surface area contributed by atoms with Crippen LogP contribution in [0.5, 0.6) is 0 Å². The monoisotopic (exact) mass is 321 g/mol. The summed E-state index contributed by atoms with van der Waals surface area (Å²) in [7, 11) is 0. The number of carbonyl (C=O) groups excluding carboxylic acids is 1. The van der Waals surface area contributed by atoms with E-state index in [4.69, 9.17) is 0 Å². The van der Waals surface area contributed by atoms with Gasteiger partial charge >= 0.3 is 0 Å². The van der Waals surface area contributed by atoms with Crippen LogP contribution < -0.4 is 10.6 Å². The van der Waals surface area contributed by atoms with Gasteiger partial charge in [0.05, 0.1) is 0 Å². The highest BCUT2D eigenvalue weighted by atomic mass is 16.1. The van der Waals surface area contributed by atoms with E-state index in [1.165, 1.54) is 58.0 Å². The van der Waals surface area contributed by atoms with E-state index in [1.807, 2.05) is 0 Å². The molecule has 4 nitrogen and oxygen atoms in total. The Balaban J connectivity index is 1.31. The molecule has 4 heteroatoms. The molecule has 2 saturated heterocycles. The van der Waals surface area contributed by atoms with Crippen LogP contribution in [-0.2, 0) is 4.79 Å². The molecule has 0 atom stereocenters. The van der Waals surface area contributed by atoms with Crippen LogP contribution in [0.2, 0.25) is 0 Å². The van der Waals surface area contributed by atoms with Crippen molar-refractivity contribution < 1.29 is 4.79 Å². The van der Waals surface area contributed by atoms with E-state index >= 15 is 0 Å². The number of nitrogens with zero attached hydrogens (tertiary/aromatic N) is 1. The lowest BCUT2D eigenvalue weighted by atomic mass is 9.91. The van der Waals surface area contributed by atoms with Crippen LogP contribution in [0.15, 0.2) is 0 Å². The summed E-state index contributed by atoms with van der Waals surface area (Å²) >= 11 is 0. The van der Waals surface area contributed by atoms with E-state index < -0.39 is 0 Å². The summed E-state index contributed by atoms with van der Waals surface area (Å²) in [4.78, 5) is 14.9. The Bertz CT molecular complexity index is 354. The molecular weight excluding hydrogens is 286 g/mol. The van der Waals surface area contributed by atoms with Crippen molar-refractivity contribution in [2.75, 3.05) is 26.2 Å². The van der Waals surface area contributed by atoms with Gasteiger partial charge in [-0.25, -0.2) is 0 Å². The molecule has 3 fully saturated rings. The van der Waals surface area contributed by atoms with E-state index in [0.29, 0.717) is 11.9 Å². The summed E-state index contributed by atoms with van der Waals surface area (Å²) in [6, 6.07) is 1.26. The zero-order valence-corrected chi connectivity index (χ0v) is 14.7. The maximum Gasteiger partial charge on any atom is 0.220 e. The molecule has 1 saturated carbocycles. The molecule has 2 aliphatic heterocycles. The third kappa shape index (κ3) is 5.46. The molecule has 0 radical (unpaired) electrons. The summed E-state index contributed by atoms with van der Waals surface area (Å²) in [6.45, 7) is 4.63. The normalized spacial score (nSPS) is 26.3. The van der Waals surface area contributed by atoms with Crippen molar-refractivity contribution in [3.05, 3.63) is 0 Å². The molecule has 0 aromatic heterocycles. The Morgan fingerprint density at radius 1 is 0.957 bits per heavy atom. The molecule has 2 N–H and O–H groups in total. The smallest absolute Gasteiger partial charge is 0.220 e. The van der Waals surface area contributed by atoms with Gasteiger partial charge in [0.15, 0.2) is 0 Å². The highest BCUT2D eigenvalue weighted by Crippen LogP contribution is 2.25. The first-order valence-corrected chi connectivity index (χ1v) is 10.1. The molecule has 1 aliphatic carbocycles. The molecule has 132 valence electrons. The number of carbonyl (C=O) groups is 1. The Labute approximate surface area is 141 Å². The second-order valence-corrected chi connectivity index (χ2v) is 7.90. The van der Waals surface area contributed by atoms with Gasteiger partial charge in [-0.1, -0.05) is 19.3 Å². The number of likely N-dealkylation sites (tertiary alicyclic amines) is 1. The SMILES string of the molecule is O=C(CCC1CCNCC1)NC1CCN(C2CCCCC2)CC1. The highest BCUT2D eigenvalue weighted by Gasteiger charge is 2.26. The van der Waals surface area contributed by atoms with Gasteiger partial charge in [0.25, 0.3) is 0 Å². The molecule has 0 aromatic rings. The third-order valence-electron chi connectivity index (χ3n) is 6.22. The molecule has 1 amide bonds. The van der Waals surface area contributed by atoms with E-state index in [2.05, 4.69) is 15.5 Å². The molecular formula is C19H35N3O. The average Bonchev–Trinajstić information content (AvgIpc) is 2.62. The first-order chi connectivity index (χ1) is 11.3. The fourth-order valence-electron chi connectivity index (χ4n) is 4.66. The van der Waals surface area contributed by atoms with Crippen LogP contribution in [0.25, 0.3) is 0 Å². The number of nitrogens with one attached hydrogen (secondary N) is 2. The van der Waals surface area contributed by atoms with E-state index in [0.717, 1.165) is 50.7 Å². The summed E-state index contributed by atoms with van der Waals surface area (Å²) in [5.74, 6) is 1.05. The van der Waals surface area contributed by atoms with Gasteiger partial charge in [0, 0.05) is 31.6 Å². The van der Waals surface area contributed by atoms with Gasteiger partial charge < -0.3 is 15.5 Å². The Morgan fingerprint density at radius 2 is 1.65 bits per heavy atom. The average molecular weight is 322 g/mol. The van der Waals surface area contributed by atoms with Crippen molar-refractivity contribution in [1.29, 1.82) is 0 Å². The second kappa shape index (κ2) is 9.03. The molecule has 3 aliphatic rings. The lowest BCUT2D eigenvalue weighted by molar-refractivity contribution is -0.122. The van der Waals surface area contributed by atoms with Crippen LogP contribution in [-0.4, -0.2) is 49.1 Å². The van der Waals surface area contributed by atoms with Crippen LogP contribution in [0.1, 0.15) is 70.6 Å². The predicted molar refractivity (Wildman–Crippen MR) is 94.4 cm³/mol. The van der Waals surface area contributed by atoms with Crippen molar-refractivity contribution >= 4 is 5.91 Å². The molecule has 0 spiro atoms. The molecule has 2 heterocycles. The maximum atomic E-state index is 12.2. The second-order valence-electron chi connectivity index (χ2n) is 7.90. The van der Waals surface area contributed by atoms with Crippen LogP contribution >= 0.6 is 0 Å². The van der Waals surface area contributed by atoms with Gasteiger partial charge in [0.1, 0.15) is 0 Å². The van der Waals surface area contributed by atoms with Gasteiger partial charge in [0.2, 0.25) is 5.91 Å². The van der Waals surface area contributed by atoms with Crippen LogP contribution in [0.3, 0.4) is 0 Å². The van der Waals surface area contributed by atoms with Gasteiger partial charge in [-0.05, 0) is 64.0 Å².